The van der Waals surface area contributed by atoms with E-state index in [1.807, 2.05) is 0 Å². The molecule has 0 saturated carbocycles. The molecule has 0 spiro atoms. The van der Waals surface area contributed by atoms with Crippen LogP contribution in [0.1, 0.15) is 0 Å². The highest BCUT2D eigenvalue weighted by molar-refractivity contribution is 5.36. The molecule has 6 nitrogen and oxygen atoms in total. The fourth-order valence-electron chi connectivity index (χ4n) is 0.963. The van der Waals surface area contributed by atoms with E-state index in [1.165, 1.54) is 12.4 Å². The first kappa shape index (κ1) is 10.7. The van der Waals surface area contributed by atoms with Gasteiger partial charge in [-0.3, -0.25) is 0 Å². The summed E-state index contributed by atoms with van der Waals surface area (Å²) < 4.78 is 4.90. The summed E-state index contributed by atoms with van der Waals surface area (Å²) in [4.78, 5) is 7.84. The highest BCUT2D eigenvalue weighted by Crippen LogP contribution is 2.03. The van der Waals surface area contributed by atoms with Gasteiger partial charge in [-0.25, -0.2) is 9.97 Å². The number of nitrogens with two attached hydrogens (primary N) is 1. The van der Waals surface area contributed by atoms with Crippen molar-refractivity contribution in [1.82, 2.24) is 9.97 Å². The van der Waals surface area contributed by atoms with Gasteiger partial charge in [-0.1, -0.05) is 0 Å². The van der Waals surface area contributed by atoms with Crippen LogP contribution in [0.2, 0.25) is 0 Å². The van der Waals surface area contributed by atoms with Crippen molar-refractivity contribution in [2.75, 3.05) is 31.4 Å². The second-order valence-electron chi connectivity index (χ2n) is 2.81. The number of rotatable bonds is 5. The average Bonchev–Trinajstić information content (AvgIpc) is 2.20. The zero-order chi connectivity index (χ0) is 10.4. The van der Waals surface area contributed by atoms with E-state index in [2.05, 4.69) is 15.3 Å². The fourth-order valence-corrected chi connectivity index (χ4v) is 0.963. The van der Waals surface area contributed by atoms with Crippen molar-refractivity contribution in [2.24, 2.45) is 0 Å². The molecule has 78 valence electrons. The van der Waals surface area contributed by atoms with Crippen molar-refractivity contribution in [3.8, 4) is 0 Å². The van der Waals surface area contributed by atoms with Gasteiger partial charge >= 0.3 is 0 Å². The Labute approximate surface area is 82.1 Å². The van der Waals surface area contributed by atoms with Crippen LogP contribution in [0.5, 0.6) is 0 Å². The SMILES string of the molecule is COCC(CO)Nc1cnc(N)cn1. The number of anilines is 2. The monoisotopic (exact) mass is 198 g/mol. The van der Waals surface area contributed by atoms with E-state index in [0.29, 0.717) is 18.2 Å². The molecular weight excluding hydrogens is 184 g/mol. The molecule has 4 N–H and O–H groups in total. The highest BCUT2D eigenvalue weighted by Gasteiger charge is 2.06. The van der Waals surface area contributed by atoms with Gasteiger partial charge in [0.1, 0.15) is 11.6 Å². The number of aliphatic hydroxyl groups is 1. The highest BCUT2D eigenvalue weighted by atomic mass is 16.5. The minimum atomic E-state index is -0.182. The van der Waals surface area contributed by atoms with E-state index in [0.717, 1.165) is 0 Å². The number of ether oxygens (including phenoxy) is 1. The summed E-state index contributed by atoms with van der Waals surface area (Å²) in [6.45, 7) is 0.377. The van der Waals surface area contributed by atoms with Crippen LogP contribution in [0, 0.1) is 0 Å². The van der Waals surface area contributed by atoms with Crippen LogP contribution < -0.4 is 11.1 Å². The van der Waals surface area contributed by atoms with Gasteiger partial charge in [-0.15, -0.1) is 0 Å². The summed E-state index contributed by atoms with van der Waals surface area (Å²) in [7, 11) is 1.57. The lowest BCUT2D eigenvalue weighted by Gasteiger charge is -2.15. The second kappa shape index (κ2) is 5.36. The molecule has 14 heavy (non-hydrogen) atoms. The Bertz CT molecular complexity index is 265. The molecule has 0 aliphatic heterocycles. The summed E-state index contributed by atoms with van der Waals surface area (Å²) in [5.74, 6) is 0.929. The van der Waals surface area contributed by atoms with Crippen LogP contribution in [-0.4, -0.2) is 41.4 Å². The van der Waals surface area contributed by atoms with Gasteiger partial charge in [-0.05, 0) is 0 Å². The lowest BCUT2D eigenvalue weighted by atomic mass is 10.3. The Morgan fingerprint density at radius 3 is 2.86 bits per heavy atom. The summed E-state index contributed by atoms with van der Waals surface area (Å²) in [6, 6.07) is -0.182. The van der Waals surface area contributed by atoms with Crippen molar-refractivity contribution in [2.45, 2.75) is 6.04 Å². The van der Waals surface area contributed by atoms with Crippen LogP contribution in [0.25, 0.3) is 0 Å². The zero-order valence-corrected chi connectivity index (χ0v) is 7.97. The molecule has 0 fully saturated rings. The molecule has 0 aromatic carbocycles. The van der Waals surface area contributed by atoms with Gasteiger partial charge in [0, 0.05) is 7.11 Å². The summed E-state index contributed by atoms with van der Waals surface area (Å²) in [5, 5.41) is 11.9. The average molecular weight is 198 g/mol. The molecular formula is C8H14N4O2. The minimum absolute atomic E-state index is 0.0279. The molecule has 1 heterocycles. The van der Waals surface area contributed by atoms with Crippen LogP contribution in [0.4, 0.5) is 11.6 Å². The van der Waals surface area contributed by atoms with Crippen molar-refractivity contribution < 1.29 is 9.84 Å². The Kier molecular flexibility index (Phi) is 4.09. The third kappa shape index (κ3) is 3.15. The van der Waals surface area contributed by atoms with Gasteiger partial charge < -0.3 is 20.9 Å². The normalized spacial score (nSPS) is 12.4. The van der Waals surface area contributed by atoms with Gasteiger partial charge in [-0.2, -0.15) is 0 Å². The van der Waals surface area contributed by atoms with E-state index in [9.17, 15) is 0 Å². The summed E-state index contributed by atoms with van der Waals surface area (Å²) in [5.41, 5.74) is 5.37. The number of hydrogen-bond donors (Lipinski definition) is 3. The molecule has 0 bridgehead atoms. The Hall–Kier alpha value is -1.40. The van der Waals surface area contributed by atoms with Gasteiger partial charge in [0.2, 0.25) is 0 Å². The number of nitrogens with zero attached hydrogens (tertiary/aromatic N) is 2. The van der Waals surface area contributed by atoms with E-state index >= 15 is 0 Å². The Balaban J connectivity index is 2.53. The first-order chi connectivity index (χ1) is 6.76. The van der Waals surface area contributed by atoms with Crippen LogP contribution in [0.15, 0.2) is 12.4 Å². The van der Waals surface area contributed by atoms with Crippen molar-refractivity contribution in [1.29, 1.82) is 0 Å². The molecule has 0 saturated heterocycles. The summed E-state index contributed by atoms with van der Waals surface area (Å²) in [6.07, 6.45) is 2.96. The van der Waals surface area contributed by atoms with Gasteiger partial charge in [0.25, 0.3) is 0 Å². The van der Waals surface area contributed by atoms with Gasteiger partial charge in [0.05, 0.1) is 31.6 Å². The molecule has 0 aliphatic carbocycles. The number of hydrogen-bond acceptors (Lipinski definition) is 6. The van der Waals surface area contributed by atoms with Crippen molar-refractivity contribution in [3.63, 3.8) is 0 Å². The quantitative estimate of drug-likeness (QED) is 0.589. The molecule has 1 aromatic heterocycles. The molecule has 0 amide bonds. The smallest absolute Gasteiger partial charge is 0.145 e. The predicted octanol–water partition coefficient (Wildman–Crippen LogP) is -0.522. The Morgan fingerprint density at radius 1 is 1.57 bits per heavy atom. The molecule has 6 heteroatoms. The van der Waals surface area contributed by atoms with Gasteiger partial charge in [0.15, 0.2) is 0 Å². The largest absolute Gasteiger partial charge is 0.394 e. The molecule has 1 rings (SSSR count). The van der Waals surface area contributed by atoms with E-state index in [4.69, 9.17) is 15.6 Å². The Morgan fingerprint density at radius 2 is 2.36 bits per heavy atom. The molecule has 1 atom stereocenters. The predicted molar refractivity (Wildman–Crippen MR) is 52.8 cm³/mol. The number of aromatic nitrogens is 2. The fraction of sp³-hybridized carbons (Fsp3) is 0.500. The maximum Gasteiger partial charge on any atom is 0.145 e. The van der Waals surface area contributed by atoms with Crippen LogP contribution in [-0.2, 0) is 4.74 Å². The van der Waals surface area contributed by atoms with Crippen LogP contribution in [0.3, 0.4) is 0 Å². The van der Waals surface area contributed by atoms with E-state index < -0.39 is 0 Å². The lowest BCUT2D eigenvalue weighted by Crippen LogP contribution is -2.29. The van der Waals surface area contributed by atoms with Crippen LogP contribution >= 0.6 is 0 Å². The third-order valence-electron chi connectivity index (χ3n) is 1.61. The maximum atomic E-state index is 8.96. The minimum Gasteiger partial charge on any atom is -0.394 e. The topological polar surface area (TPSA) is 93.3 Å². The molecule has 0 aliphatic rings. The third-order valence-corrected chi connectivity index (χ3v) is 1.61. The number of methoxy groups -OCH3 is 1. The standard InChI is InChI=1S/C8H14N4O2/c1-14-5-6(4-13)12-8-3-10-7(9)2-11-8/h2-3,6,13H,4-5H2,1H3,(H2,9,10)(H,11,12). The second-order valence-corrected chi connectivity index (χ2v) is 2.81. The van der Waals surface area contributed by atoms with Crippen molar-refractivity contribution >= 4 is 11.6 Å². The molecule has 0 radical (unpaired) electrons. The number of nitrogens with one attached hydrogen (secondary N) is 1. The number of aliphatic hydroxyl groups excluding tert-OH is 1. The zero-order valence-electron chi connectivity index (χ0n) is 7.97. The summed E-state index contributed by atoms with van der Waals surface area (Å²) >= 11 is 0. The first-order valence-electron chi connectivity index (χ1n) is 4.20. The van der Waals surface area contributed by atoms with E-state index in [-0.39, 0.29) is 12.6 Å². The van der Waals surface area contributed by atoms with Crippen molar-refractivity contribution in [3.05, 3.63) is 12.4 Å². The first-order valence-corrected chi connectivity index (χ1v) is 4.20. The maximum absolute atomic E-state index is 8.96. The number of nitrogen functional groups attached to an aromatic ring is 1. The lowest BCUT2D eigenvalue weighted by molar-refractivity contribution is 0.153. The molecule has 1 aromatic rings. The van der Waals surface area contributed by atoms with E-state index in [1.54, 1.807) is 7.11 Å². The molecule has 1 unspecified atom stereocenters.